The van der Waals surface area contributed by atoms with Crippen LogP contribution >= 0.6 is 0 Å². The van der Waals surface area contributed by atoms with Crippen LogP contribution in [-0.4, -0.2) is 46.3 Å². The van der Waals surface area contributed by atoms with Gasteiger partial charge < -0.3 is 15.4 Å². The lowest BCUT2D eigenvalue weighted by molar-refractivity contribution is -0.160. The zero-order valence-corrected chi connectivity index (χ0v) is 20.6. The molecule has 2 N–H and O–H groups in total. The van der Waals surface area contributed by atoms with Gasteiger partial charge in [0.2, 0.25) is 0 Å². The van der Waals surface area contributed by atoms with E-state index >= 15 is 0 Å². The van der Waals surface area contributed by atoms with E-state index in [2.05, 4.69) is 4.98 Å². The molecule has 3 heterocycles. The third-order valence-corrected chi connectivity index (χ3v) is 9.49. The van der Waals surface area contributed by atoms with Crippen LogP contribution in [0, 0.1) is 0 Å². The fourth-order valence-electron chi connectivity index (χ4n) is 4.79. The second kappa shape index (κ2) is 8.60. The summed E-state index contributed by atoms with van der Waals surface area (Å²) in [7, 11) is -3.96. The van der Waals surface area contributed by atoms with E-state index in [1.54, 1.807) is 12.1 Å². The van der Waals surface area contributed by atoms with E-state index in [1.165, 1.54) is 26.1 Å². The molecular formula is C27H25N3O5S. The molecule has 2 aliphatic heterocycles. The van der Waals surface area contributed by atoms with Crippen molar-refractivity contribution in [2.45, 2.75) is 36.1 Å². The maximum absolute atomic E-state index is 13.6. The molecule has 184 valence electrons. The van der Waals surface area contributed by atoms with Gasteiger partial charge >= 0.3 is 5.97 Å². The number of anilines is 1. The van der Waals surface area contributed by atoms with Gasteiger partial charge in [-0.3, -0.25) is 9.78 Å². The fourth-order valence-corrected chi connectivity index (χ4v) is 6.91. The summed E-state index contributed by atoms with van der Waals surface area (Å²) in [4.78, 5) is 32.1. The van der Waals surface area contributed by atoms with E-state index < -0.39 is 44.0 Å². The minimum atomic E-state index is -3.96. The Kier molecular flexibility index (Phi) is 5.67. The molecular weight excluding hydrogens is 478 g/mol. The number of rotatable bonds is 5. The number of sulfone groups is 1. The van der Waals surface area contributed by atoms with Gasteiger partial charge in [-0.25, -0.2) is 13.2 Å². The van der Waals surface area contributed by atoms with Crippen molar-refractivity contribution in [2.24, 2.45) is 0 Å². The van der Waals surface area contributed by atoms with Gasteiger partial charge in [0.15, 0.2) is 27.4 Å². The number of hydrogen-bond donors (Lipinski definition) is 1. The summed E-state index contributed by atoms with van der Waals surface area (Å²) in [6.07, 6.45) is 2.13. The molecule has 3 aromatic rings. The Labute approximate surface area is 209 Å². The second-order valence-corrected chi connectivity index (χ2v) is 12.0. The summed E-state index contributed by atoms with van der Waals surface area (Å²) in [6.45, 7) is 2.91. The van der Waals surface area contributed by atoms with E-state index in [1.807, 2.05) is 60.7 Å². The molecule has 0 saturated carbocycles. The van der Waals surface area contributed by atoms with Crippen molar-refractivity contribution < 1.29 is 22.7 Å². The van der Waals surface area contributed by atoms with Crippen molar-refractivity contribution in [3.05, 3.63) is 101 Å². The van der Waals surface area contributed by atoms with Crippen LogP contribution in [0.5, 0.6) is 0 Å². The van der Waals surface area contributed by atoms with E-state index in [0.717, 1.165) is 16.0 Å². The van der Waals surface area contributed by atoms with E-state index in [0.29, 0.717) is 11.4 Å². The molecule has 2 atom stereocenters. The number of carbonyl (C=O) groups excluding carboxylic acids is 2. The Morgan fingerprint density at radius 2 is 1.64 bits per heavy atom. The molecule has 1 aromatic heterocycles. The summed E-state index contributed by atoms with van der Waals surface area (Å²) in [6, 6.07) is 20.2. The Morgan fingerprint density at radius 1 is 1.06 bits per heavy atom. The summed E-state index contributed by atoms with van der Waals surface area (Å²) < 4.78 is 31.5. The molecule has 0 spiro atoms. The van der Waals surface area contributed by atoms with Gasteiger partial charge in [-0.1, -0.05) is 60.7 Å². The number of nitrogen functional groups attached to an aromatic ring is 1. The number of amides is 1. The molecule has 5 rings (SSSR count). The lowest BCUT2D eigenvalue weighted by Crippen LogP contribution is -2.59. The van der Waals surface area contributed by atoms with Crippen molar-refractivity contribution in [3.63, 3.8) is 0 Å². The number of esters is 1. The van der Waals surface area contributed by atoms with E-state index in [4.69, 9.17) is 10.5 Å². The molecule has 1 amide bonds. The van der Waals surface area contributed by atoms with Gasteiger partial charge in [-0.2, -0.15) is 0 Å². The number of ether oxygens (including phenoxy) is 1. The fraction of sp³-hybridized carbons (Fsp3) is 0.222. The van der Waals surface area contributed by atoms with Crippen LogP contribution in [0.15, 0.2) is 84.6 Å². The molecule has 0 bridgehead atoms. The normalized spacial score (nSPS) is 22.8. The highest BCUT2D eigenvalue weighted by atomic mass is 32.2. The lowest BCUT2D eigenvalue weighted by Gasteiger charge is -2.38. The zero-order valence-electron chi connectivity index (χ0n) is 19.7. The van der Waals surface area contributed by atoms with Gasteiger partial charge in [-0.05, 0) is 43.2 Å². The average molecular weight is 504 g/mol. The van der Waals surface area contributed by atoms with Gasteiger partial charge in [0.25, 0.3) is 5.91 Å². The molecule has 2 aliphatic rings. The van der Waals surface area contributed by atoms with E-state index in [-0.39, 0.29) is 5.57 Å². The lowest BCUT2D eigenvalue weighted by atomic mass is 9.94. The Bertz CT molecular complexity index is 1430. The first-order valence-electron chi connectivity index (χ1n) is 11.4. The highest BCUT2D eigenvalue weighted by Crippen LogP contribution is 2.49. The number of aromatic nitrogens is 1. The Balaban J connectivity index is 1.50. The van der Waals surface area contributed by atoms with Crippen LogP contribution in [0.25, 0.3) is 6.08 Å². The number of pyridine rings is 1. The maximum atomic E-state index is 13.6. The summed E-state index contributed by atoms with van der Waals surface area (Å²) >= 11 is 0. The quantitative estimate of drug-likeness (QED) is 0.323. The number of carbonyl (C=O) groups is 2. The van der Waals surface area contributed by atoms with Crippen LogP contribution < -0.4 is 5.73 Å². The van der Waals surface area contributed by atoms with Crippen molar-refractivity contribution >= 4 is 33.5 Å². The van der Waals surface area contributed by atoms with Crippen LogP contribution in [0.2, 0.25) is 0 Å². The summed E-state index contributed by atoms with van der Waals surface area (Å²) in [5.74, 6) is -1.32. The van der Waals surface area contributed by atoms with Gasteiger partial charge in [0.1, 0.15) is 4.75 Å². The number of fused-ring (bicyclic) bond motifs is 1. The van der Waals surface area contributed by atoms with E-state index in [9.17, 15) is 18.0 Å². The minimum absolute atomic E-state index is 0.0548. The topological polar surface area (TPSA) is 120 Å². The highest BCUT2D eigenvalue weighted by Gasteiger charge is 2.70. The number of hydrogen-bond acceptors (Lipinski definition) is 7. The van der Waals surface area contributed by atoms with Crippen molar-refractivity contribution in [1.29, 1.82) is 0 Å². The predicted octanol–water partition coefficient (Wildman–Crippen LogP) is 3.12. The van der Waals surface area contributed by atoms with Crippen molar-refractivity contribution in [3.8, 4) is 0 Å². The zero-order chi connectivity index (χ0) is 25.7. The standard InChI is InChI=1S/C27H25N3O5S/c1-27(2)23(26(32)35-22(17-9-5-3-6-10-17)18-11-7-4-8-12-18)30-24(31)21(25(30)36(27,33)34)16-20-15-19(28)13-14-29-20/h3-16,22-23,25H,1-2H3,(H2,28,29)/t23-,25+/m0/s1. The first kappa shape index (κ1) is 23.7. The SMILES string of the molecule is CC1(C)[C@H](C(=O)OC(c2ccccc2)c2ccccc2)N2C(=O)C(=Cc3cc(N)ccn3)[C@H]2S1(=O)=O. The molecule has 2 fully saturated rings. The van der Waals surface area contributed by atoms with Gasteiger partial charge in [0.05, 0.1) is 11.3 Å². The molecule has 9 heteroatoms. The summed E-state index contributed by atoms with van der Waals surface area (Å²) in [5, 5.41) is -1.26. The third kappa shape index (κ3) is 3.67. The Hall–Kier alpha value is -3.98. The molecule has 8 nitrogen and oxygen atoms in total. The van der Waals surface area contributed by atoms with Crippen LogP contribution in [-0.2, 0) is 24.2 Å². The number of nitrogens with two attached hydrogens (primary N) is 1. The van der Waals surface area contributed by atoms with Crippen LogP contribution in [0.1, 0.15) is 36.8 Å². The summed E-state index contributed by atoms with van der Waals surface area (Å²) in [5.41, 5.74) is 8.11. The maximum Gasteiger partial charge on any atom is 0.331 e. The largest absolute Gasteiger partial charge is 0.451 e. The van der Waals surface area contributed by atoms with Crippen molar-refractivity contribution in [2.75, 3.05) is 5.73 Å². The number of β-lactam (4-membered cyclic amide) rings is 1. The first-order valence-corrected chi connectivity index (χ1v) is 13.0. The smallest absolute Gasteiger partial charge is 0.331 e. The molecule has 0 aliphatic carbocycles. The van der Waals surface area contributed by atoms with Gasteiger partial charge in [0, 0.05) is 11.9 Å². The third-order valence-electron chi connectivity index (χ3n) is 6.73. The van der Waals surface area contributed by atoms with Gasteiger partial charge in [-0.15, -0.1) is 0 Å². The molecule has 0 radical (unpaired) electrons. The van der Waals surface area contributed by atoms with Crippen LogP contribution in [0.4, 0.5) is 5.69 Å². The Morgan fingerprint density at radius 3 is 2.19 bits per heavy atom. The minimum Gasteiger partial charge on any atom is -0.451 e. The van der Waals surface area contributed by atoms with Crippen molar-refractivity contribution in [1.82, 2.24) is 9.88 Å². The molecule has 2 saturated heterocycles. The van der Waals surface area contributed by atoms with Crippen LogP contribution in [0.3, 0.4) is 0 Å². The average Bonchev–Trinajstić information content (AvgIpc) is 3.01. The molecule has 0 unspecified atom stereocenters. The second-order valence-electron chi connectivity index (χ2n) is 9.37. The first-order chi connectivity index (χ1) is 17.1. The predicted molar refractivity (Wildman–Crippen MR) is 135 cm³/mol. The molecule has 36 heavy (non-hydrogen) atoms. The number of nitrogens with zero attached hydrogens (tertiary/aromatic N) is 2. The molecule has 2 aromatic carbocycles. The highest BCUT2D eigenvalue weighted by molar-refractivity contribution is 7.94. The number of benzene rings is 2. The monoisotopic (exact) mass is 503 g/mol.